The number of hydrogen-bond donors (Lipinski definition) is 2. The van der Waals surface area contributed by atoms with E-state index < -0.39 is 11.6 Å². The Bertz CT molecular complexity index is 1530. The van der Waals surface area contributed by atoms with Crippen molar-refractivity contribution in [3.63, 3.8) is 0 Å². The second kappa shape index (κ2) is 7.78. The Morgan fingerprint density at radius 3 is 2.88 bits per heavy atom. The molecule has 0 bridgehead atoms. The third-order valence-electron chi connectivity index (χ3n) is 6.21. The van der Waals surface area contributed by atoms with Crippen molar-refractivity contribution in [3.8, 4) is 11.8 Å². The molecule has 4 heterocycles. The van der Waals surface area contributed by atoms with Crippen LogP contribution in [0.1, 0.15) is 29.8 Å². The lowest BCUT2D eigenvalue weighted by Gasteiger charge is -2.14. The van der Waals surface area contributed by atoms with E-state index in [2.05, 4.69) is 42.0 Å². The van der Waals surface area contributed by atoms with E-state index in [0.29, 0.717) is 24.6 Å². The summed E-state index contributed by atoms with van der Waals surface area (Å²) in [6, 6.07) is 7.65. The van der Waals surface area contributed by atoms with Crippen molar-refractivity contribution in [3.05, 3.63) is 53.6 Å². The van der Waals surface area contributed by atoms with Crippen LogP contribution in [0.3, 0.4) is 0 Å². The predicted octanol–water partition coefficient (Wildman–Crippen LogP) is 3.39. The molecule has 34 heavy (non-hydrogen) atoms. The Hall–Kier alpha value is -4.03. The van der Waals surface area contributed by atoms with Crippen molar-refractivity contribution in [1.29, 1.82) is 0 Å². The summed E-state index contributed by atoms with van der Waals surface area (Å²) in [5.74, 6) is 7.63. The van der Waals surface area contributed by atoms with Crippen molar-refractivity contribution in [2.75, 3.05) is 24.3 Å². The zero-order chi connectivity index (χ0) is 23.3. The number of carbonyl (C=O) groups excluding carboxylic acids is 1. The fourth-order valence-corrected chi connectivity index (χ4v) is 4.14. The first kappa shape index (κ1) is 20.6. The first-order valence-electron chi connectivity index (χ1n) is 11.1. The van der Waals surface area contributed by atoms with Crippen molar-refractivity contribution in [2.24, 2.45) is 0 Å². The predicted molar refractivity (Wildman–Crippen MR) is 126 cm³/mol. The largest absolute Gasteiger partial charge is 0.373 e. The summed E-state index contributed by atoms with van der Waals surface area (Å²) in [5, 5.41) is 7.16. The minimum Gasteiger partial charge on any atom is -0.373 e. The maximum atomic E-state index is 14.1. The number of carbonyl (C=O) groups is 1. The van der Waals surface area contributed by atoms with Gasteiger partial charge in [-0.3, -0.25) is 4.79 Å². The quantitative estimate of drug-likeness (QED) is 0.459. The number of aromatic nitrogens is 4. The second-order valence-corrected chi connectivity index (χ2v) is 8.49. The molecule has 9 heteroatoms. The molecule has 1 aliphatic carbocycles. The number of benzene rings is 1. The molecule has 170 valence electrons. The molecule has 1 aliphatic heterocycles. The van der Waals surface area contributed by atoms with Gasteiger partial charge in [0.1, 0.15) is 24.1 Å². The van der Waals surface area contributed by atoms with E-state index in [1.807, 2.05) is 18.2 Å². The van der Waals surface area contributed by atoms with Gasteiger partial charge in [0.2, 0.25) is 0 Å². The van der Waals surface area contributed by atoms with Crippen LogP contribution in [0.5, 0.6) is 0 Å². The van der Waals surface area contributed by atoms with Crippen molar-refractivity contribution in [1.82, 2.24) is 19.5 Å². The number of ether oxygens (including phenoxy) is 1. The van der Waals surface area contributed by atoms with Gasteiger partial charge in [0.15, 0.2) is 5.67 Å². The standard InChI is InChI=1S/C25H21FN6O2/c1-27-23-18-13-28-21(31-24(33)25(26)6-7-25)11-17(18)16(12-29-23)4-2-15-3-5-19-20(10-15)32-8-9-34-14-22(32)30-19/h3,5,10-13H,6-9,14H2,1H3,(H,27,29)(H,28,31,33). The topological polar surface area (TPSA) is 94.0 Å². The lowest BCUT2D eigenvalue weighted by molar-refractivity contribution is -0.122. The molecule has 1 amide bonds. The fraction of sp³-hybridized carbons (Fsp3) is 0.280. The van der Waals surface area contributed by atoms with Gasteiger partial charge in [-0.15, -0.1) is 0 Å². The molecule has 6 rings (SSSR count). The van der Waals surface area contributed by atoms with Crippen LogP contribution in [0.4, 0.5) is 16.0 Å². The lowest BCUT2D eigenvalue weighted by Crippen LogP contribution is -2.25. The maximum Gasteiger partial charge on any atom is 0.263 e. The molecule has 8 nitrogen and oxygen atoms in total. The van der Waals surface area contributed by atoms with Crippen LogP contribution < -0.4 is 10.6 Å². The number of rotatable bonds is 3. The number of pyridine rings is 2. The number of anilines is 2. The van der Waals surface area contributed by atoms with Gasteiger partial charge in [-0.05, 0) is 37.1 Å². The normalized spacial score (nSPS) is 15.9. The van der Waals surface area contributed by atoms with Crippen LogP contribution in [0.25, 0.3) is 21.8 Å². The molecule has 1 saturated carbocycles. The number of halogens is 1. The molecular weight excluding hydrogens is 435 g/mol. The van der Waals surface area contributed by atoms with E-state index >= 15 is 0 Å². The number of imidazole rings is 1. The van der Waals surface area contributed by atoms with Crippen LogP contribution in [0.15, 0.2) is 36.7 Å². The molecule has 0 spiro atoms. The Kier molecular flexibility index (Phi) is 4.71. The smallest absolute Gasteiger partial charge is 0.263 e. The number of amides is 1. The zero-order valence-electron chi connectivity index (χ0n) is 18.5. The highest BCUT2D eigenvalue weighted by Gasteiger charge is 2.51. The Morgan fingerprint density at radius 2 is 2.06 bits per heavy atom. The first-order valence-corrected chi connectivity index (χ1v) is 11.1. The van der Waals surface area contributed by atoms with E-state index in [0.717, 1.165) is 39.7 Å². The van der Waals surface area contributed by atoms with Gasteiger partial charge in [0.05, 0.1) is 23.2 Å². The highest BCUT2D eigenvalue weighted by molar-refractivity contribution is 6.01. The lowest BCUT2D eigenvalue weighted by atomic mass is 10.1. The van der Waals surface area contributed by atoms with Crippen molar-refractivity contribution < 1.29 is 13.9 Å². The number of fused-ring (bicyclic) bond motifs is 4. The Balaban J connectivity index is 1.39. The summed E-state index contributed by atoms with van der Waals surface area (Å²) >= 11 is 0. The van der Waals surface area contributed by atoms with Gasteiger partial charge in [-0.2, -0.15) is 0 Å². The van der Waals surface area contributed by atoms with E-state index in [1.54, 1.807) is 25.5 Å². The number of nitrogens with one attached hydrogen (secondary N) is 2. The second-order valence-electron chi connectivity index (χ2n) is 8.49. The van der Waals surface area contributed by atoms with Gasteiger partial charge in [-0.25, -0.2) is 19.3 Å². The monoisotopic (exact) mass is 456 g/mol. The molecular formula is C25H21FN6O2. The summed E-state index contributed by atoms with van der Waals surface area (Å²) in [6.45, 7) is 1.95. The van der Waals surface area contributed by atoms with Crippen LogP contribution in [-0.2, 0) is 22.7 Å². The minimum absolute atomic E-state index is 0.245. The molecule has 3 aromatic heterocycles. The number of nitrogens with zero attached hydrogens (tertiary/aromatic N) is 4. The highest BCUT2D eigenvalue weighted by atomic mass is 19.1. The van der Waals surface area contributed by atoms with Gasteiger partial charge in [0.25, 0.3) is 5.91 Å². The molecule has 4 aromatic rings. The van der Waals surface area contributed by atoms with Crippen LogP contribution in [0.2, 0.25) is 0 Å². The van der Waals surface area contributed by atoms with E-state index in [9.17, 15) is 9.18 Å². The summed E-state index contributed by atoms with van der Waals surface area (Å²) in [5.41, 5.74) is 1.71. The highest BCUT2D eigenvalue weighted by Crippen LogP contribution is 2.40. The third-order valence-corrected chi connectivity index (χ3v) is 6.21. The van der Waals surface area contributed by atoms with Crippen LogP contribution >= 0.6 is 0 Å². The van der Waals surface area contributed by atoms with Gasteiger partial charge in [0, 0.05) is 42.3 Å². The van der Waals surface area contributed by atoms with Gasteiger partial charge in [-0.1, -0.05) is 11.8 Å². The van der Waals surface area contributed by atoms with Crippen molar-refractivity contribution >= 4 is 39.3 Å². The fourth-order valence-electron chi connectivity index (χ4n) is 4.14. The average Bonchev–Trinajstić information content (AvgIpc) is 3.51. The maximum absolute atomic E-state index is 14.1. The number of hydrogen-bond acceptors (Lipinski definition) is 6. The Morgan fingerprint density at radius 1 is 1.18 bits per heavy atom. The molecule has 0 unspecified atom stereocenters. The third kappa shape index (κ3) is 3.53. The van der Waals surface area contributed by atoms with Crippen LogP contribution in [0, 0.1) is 11.8 Å². The molecule has 2 N–H and O–H groups in total. The van der Waals surface area contributed by atoms with E-state index in [1.165, 1.54) is 0 Å². The van der Waals surface area contributed by atoms with E-state index in [-0.39, 0.29) is 18.7 Å². The first-order chi connectivity index (χ1) is 16.5. The van der Waals surface area contributed by atoms with Gasteiger partial charge >= 0.3 is 0 Å². The molecule has 1 fully saturated rings. The SMILES string of the molecule is CNc1ncc(C#Cc2ccc3nc4n(c3c2)CCOC4)c2cc(NC(=O)C3(F)CC3)ncc12. The summed E-state index contributed by atoms with van der Waals surface area (Å²) < 4.78 is 21.8. The van der Waals surface area contributed by atoms with E-state index in [4.69, 9.17) is 4.74 Å². The number of alkyl halides is 1. The molecule has 2 aliphatic rings. The summed E-state index contributed by atoms with van der Waals surface area (Å²) in [7, 11) is 1.77. The van der Waals surface area contributed by atoms with Crippen molar-refractivity contribution in [2.45, 2.75) is 31.7 Å². The minimum atomic E-state index is -1.77. The molecule has 1 aromatic carbocycles. The molecule has 0 atom stereocenters. The summed E-state index contributed by atoms with van der Waals surface area (Å²) in [6.07, 6.45) is 3.78. The summed E-state index contributed by atoms with van der Waals surface area (Å²) in [4.78, 5) is 25.5. The van der Waals surface area contributed by atoms with Gasteiger partial charge < -0.3 is 19.9 Å². The Labute approximate surface area is 194 Å². The zero-order valence-corrected chi connectivity index (χ0v) is 18.5. The average molecular weight is 456 g/mol. The molecule has 0 radical (unpaired) electrons. The van der Waals surface area contributed by atoms with Crippen LogP contribution in [-0.4, -0.2) is 44.7 Å². The molecule has 0 saturated heterocycles.